The van der Waals surface area contributed by atoms with Gasteiger partial charge in [0.15, 0.2) is 0 Å². The van der Waals surface area contributed by atoms with Crippen molar-refractivity contribution in [3.8, 4) is 11.6 Å². The van der Waals surface area contributed by atoms with Gasteiger partial charge in [0.1, 0.15) is 10.4 Å². The Bertz CT molecular complexity index is 602. The quantitative estimate of drug-likeness (QED) is 0.490. The molecule has 0 amide bonds. The molecule has 1 heterocycles. The molecule has 5 nitrogen and oxygen atoms in total. The van der Waals surface area contributed by atoms with Crippen LogP contribution in [-0.2, 0) is 0 Å². The third kappa shape index (κ3) is 2.84. The first-order chi connectivity index (χ1) is 8.56. The third-order valence-corrected chi connectivity index (χ3v) is 2.72. The Morgan fingerprint density at radius 3 is 2.72 bits per heavy atom. The lowest BCUT2D eigenvalue weighted by Gasteiger charge is -2.07. The predicted molar refractivity (Wildman–Crippen MR) is 69.8 cm³/mol. The van der Waals surface area contributed by atoms with E-state index in [2.05, 4.69) is 20.9 Å². The van der Waals surface area contributed by atoms with Gasteiger partial charge in [-0.15, -0.1) is 0 Å². The number of nitro groups is 1. The fourth-order valence-electron chi connectivity index (χ4n) is 1.42. The van der Waals surface area contributed by atoms with Gasteiger partial charge in [-0.3, -0.25) is 10.1 Å². The van der Waals surface area contributed by atoms with Crippen LogP contribution in [0.5, 0.6) is 11.6 Å². The number of nitro benzene ring substituents is 1. The normalized spacial score (nSPS) is 10.1. The summed E-state index contributed by atoms with van der Waals surface area (Å²) in [5.41, 5.74) is 0.730. The minimum absolute atomic E-state index is 0.0436. The van der Waals surface area contributed by atoms with Gasteiger partial charge >= 0.3 is 0 Å². The van der Waals surface area contributed by atoms with Gasteiger partial charge < -0.3 is 4.74 Å². The van der Waals surface area contributed by atoms with Gasteiger partial charge in [0.2, 0.25) is 5.88 Å². The first-order valence-corrected chi connectivity index (χ1v) is 5.91. The highest BCUT2D eigenvalue weighted by Crippen LogP contribution is 2.27. The summed E-state index contributed by atoms with van der Waals surface area (Å²) in [6, 6.07) is 9.73. The number of hydrogen-bond acceptors (Lipinski definition) is 4. The highest BCUT2D eigenvalue weighted by Gasteiger charge is 2.09. The molecular formula is C12H9BrN2O3. The minimum atomic E-state index is -0.436. The van der Waals surface area contributed by atoms with Crippen LogP contribution in [0, 0.1) is 17.0 Å². The Labute approximate surface area is 112 Å². The Balaban J connectivity index is 2.27. The third-order valence-electron chi connectivity index (χ3n) is 2.27. The molecule has 0 radical (unpaired) electrons. The second-order valence-corrected chi connectivity index (χ2v) is 4.42. The maximum absolute atomic E-state index is 10.6. The van der Waals surface area contributed by atoms with Crippen LogP contribution in [0.4, 0.5) is 5.69 Å². The van der Waals surface area contributed by atoms with Crippen molar-refractivity contribution >= 4 is 21.6 Å². The molecule has 0 saturated carbocycles. The van der Waals surface area contributed by atoms with Crippen LogP contribution >= 0.6 is 15.9 Å². The van der Waals surface area contributed by atoms with E-state index in [1.54, 1.807) is 31.2 Å². The van der Waals surface area contributed by atoms with E-state index in [0.717, 1.165) is 0 Å². The second kappa shape index (κ2) is 5.14. The molecule has 0 atom stereocenters. The maximum atomic E-state index is 10.6. The smallest absolute Gasteiger partial charge is 0.269 e. The van der Waals surface area contributed by atoms with Gasteiger partial charge in [0, 0.05) is 18.2 Å². The van der Waals surface area contributed by atoms with Gasteiger partial charge in [0.05, 0.1) is 4.92 Å². The SMILES string of the molecule is Cc1cc([N+](=O)[O-])ccc1Oc1cccc(Br)n1. The van der Waals surface area contributed by atoms with E-state index >= 15 is 0 Å². The van der Waals surface area contributed by atoms with Crippen molar-refractivity contribution in [1.29, 1.82) is 0 Å². The fraction of sp³-hybridized carbons (Fsp3) is 0.0833. The first-order valence-electron chi connectivity index (χ1n) is 5.12. The number of non-ortho nitro benzene ring substituents is 1. The average Bonchev–Trinajstić information content (AvgIpc) is 2.31. The van der Waals surface area contributed by atoms with E-state index in [9.17, 15) is 10.1 Å². The molecule has 0 N–H and O–H groups in total. The van der Waals surface area contributed by atoms with Crippen LogP contribution < -0.4 is 4.74 Å². The molecule has 92 valence electrons. The van der Waals surface area contributed by atoms with Crippen LogP contribution in [0.2, 0.25) is 0 Å². The Morgan fingerprint density at radius 2 is 2.11 bits per heavy atom. The van der Waals surface area contributed by atoms with E-state index in [1.807, 2.05) is 0 Å². The van der Waals surface area contributed by atoms with Crippen LogP contribution in [0.3, 0.4) is 0 Å². The van der Waals surface area contributed by atoms with Gasteiger partial charge in [-0.2, -0.15) is 0 Å². The second-order valence-electron chi connectivity index (χ2n) is 3.61. The molecule has 6 heteroatoms. The maximum Gasteiger partial charge on any atom is 0.269 e. The zero-order valence-corrected chi connectivity index (χ0v) is 11.0. The Hall–Kier alpha value is -1.95. The summed E-state index contributed by atoms with van der Waals surface area (Å²) in [5, 5.41) is 10.6. The first kappa shape index (κ1) is 12.5. The molecule has 2 aromatic rings. The number of halogens is 1. The van der Waals surface area contributed by atoms with E-state index < -0.39 is 4.92 Å². The van der Waals surface area contributed by atoms with Crippen molar-refractivity contribution in [3.05, 3.63) is 56.7 Å². The van der Waals surface area contributed by atoms with Crippen molar-refractivity contribution in [2.45, 2.75) is 6.92 Å². The summed E-state index contributed by atoms with van der Waals surface area (Å²) in [4.78, 5) is 14.3. The molecule has 18 heavy (non-hydrogen) atoms. The highest BCUT2D eigenvalue weighted by molar-refractivity contribution is 9.10. The number of ether oxygens (including phenoxy) is 1. The summed E-state index contributed by atoms with van der Waals surface area (Å²) >= 11 is 3.24. The summed E-state index contributed by atoms with van der Waals surface area (Å²) in [6.07, 6.45) is 0. The van der Waals surface area contributed by atoms with E-state index in [1.165, 1.54) is 12.1 Å². The summed E-state index contributed by atoms with van der Waals surface area (Å²) in [7, 11) is 0. The zero-order chi connectivity index (χ0) is 13.1. The van der Waals surface area contributed by atoms with Crippen molar-refractivity contribution in [3.63, 3.8) is 0 Å². The molecule has 1 aromatic carbocycles. The Kier molecular flexibility index (Phi) is 3.57. The molecule has 0 spiro atoms. The number of hydrogen-bond donors (Lipinski definition) is 0. The minimum Gasteiger partial charge on any atom is -0.439 e. The summed E-state index contributed by atoms with van der Waals surface area (Å²) in [5.74, 6) is 0.979. The number of aryl methyl sites for hydroxylation is 1. The largest absolute Gasteiger partial charge is 0.439 e. The number of nitrogens with zero attached hydrogens (tertiary/aromatic N) is 2. The van der Waals surface area contributed by atoms with E-state index in [0.29, 0.717) is 21.8 Å². The number of rotatable bonds is 3. The lowest BCUT2D eigenvalue weighted by Crippen LogP contribution is -1.93. The topological polar surface area (TPSA) is 65.3 Å². The number of aromatic nitrogens is 1. The molecule has 0 fully saturated rings. The number of benzene rings is 1. The highest BCUT2D eigenvalue weighted by atomic mass is 79.9. The molecule has 0 aliphatic heterocycles. The monoisotopic (exact) mass is 308 g/mol. The summed E-state index contributed by atoms with van der Waals surface area (Å²) < 4.78 is 6.23. The zero-order valence-electron chi connectivity index (χ0n) is 9.46. The molecule has 0 saturated heterocycles. The molecule has 0 aliphatic rings. The Morgan fingerprint density at radius 1 is 1.33 bits per heavy atom. The van der Waals surface area contributed by atoms with Gasteiger partial charge in [0.25, 0.3) is 5.69 Å². The number of pyridine rings is 1. The van der Waals surface area contributed by atoms with Gasteiger partial charge in [-0.05, 0) is 40.5 Å². The van der Waals surface area contributed by atoms with Crippen LogP contribution in [0.1, 0.15) is 5.56 Å². The summed E-state index contributed by atoms with van der Waals surface area (Å²) in [6.45, 7) is 1.75. The van der Waals surface area contributed by atoms with Crippen LogP contribution in [-0.4, -0.2) is 9.91 Å². The standard InChI is InChI=1S/C12H9BrN2O3/c1-8-7-9(15(16)17)5-6-10(8)18-12-4-2-3-11(13)14-12/h2-7H,1H3. The van der Waals surface area contributed by atoms with Crippen LogP contribution in [0.25, 0.3) is 0 Å². The van der Waals surface area contributed by atoms with Gasteiger partial charge in [-0.1, -0.05) is 6.07 Å². The van der Waals surface area contributed by atoms with Gasteiger partial charge in [-0.25, -0.2) is 4.98 Å². The fourth-order valence-corrected chi connectivity index (χ4v) is 1.75. The van der Waals surface area contributed by atoms with Crippen molar-refractivity contribution in [1.82, 2.24) is 4.98 Å². The molecule has 0 aliphatic carbocycles. The van der Waals surface area contributed by atoms with Crippen LogP contribution in [0.15, 0.2) is 41.0 Å². The molecule has 2 rings (SSSR count). The average molecular weight is 309 g/mol. The van der Waals surface area contributed by atoms with Crippen molar-refractivity contribution in [2.24, 2.45) is 0 Å². The molecule has 0 bridgehead atoms. The van der Waals surface area contributed by atoms with E-state index in [-0.39, 0.29) is 5.69 Å². The molecular weight excluding hydrogens is 300 g/mol. The molecule has 0 unspecified atom stereocenters. The van der Waals surface area contributed by atoms with Crippen molar-refractivity contribution < 1.29 is 9.66 Å². The predicted octanol–water partition coefficient (Wildman–Crippen LogP) is 3.85. The lowest BCUT2D eigenvalue weighted by molar-refractivity contribution is -0.384. The van der Waals surface area contributed by atoms with E-state index in [4.69, 9.17) is 4.74 Å². The lowest BCUT2D eigenvalue weighted by atomic mass is 10.2. The van der Waals surface area contributed by atoms with Crippen molar-refractivity contribution in [2.75, 3.05) is 0 Å². The molecule has 1 aromatic heterocycles.